The Hall–Kier alpha value is -3.83. The summed E-state index contributed by atoms with van der Waals surface area (Å²) in [5.41, 5.74) is 1.38. The summed E-state index contributed by atoms with van der Waals surface area (Å²) in [5, 5.41) is 20.1. The largest absolute Gasteiger partial charge is 0.858 e. The molecule has 0 saturated carbocycles. The monoisotopic (exact) mass is 526 g/mol. The summed E-state index contributed by atoms with van der Waals surface area (Å²) in [6, 6.07) is 14.4. The van der Waals surface area contributed by atoms with E-state index in [2.05, 4.69) is 15.6 Å². The number of thiocarbonyl (C=S) groups is 1. The molecule has 0 aliphatic carbocycles. The minimum absolute atomic E-state index is 0.000848. The Morgan fingerprint density at radius 3 is 2.61 bits per heavy atom. The van der Waals surface area contributed by atoms with Crippen LogP contribution in [0.1, 0.15) is 24.6 Å². The molecule has 2 amide bonds. The molecule has 186 valence electrons. The van der Waals surface area contributed by atoms with Gasteiger partial charge >= 0.3 is 5.88 Å². The molecule has 1 aliphatic heterocycles. The molecule has 12 heteroatoms. The number of likely N-dealkylation sites (N-methyl/N-ethyl adjacent to an activating group) is 1. The van der Waals surface area contributed by atoms with Crippen LogP contribution in [0.3, 0.4) is 0 Å². The van der Waals surface area contributed by atoms with E-state index >= 15 is 0 Å². The molecule has 0 spiro atoms. The fourth-order valence-corrected chi connectivity index (χ4v) is 4.31. The molecule has 2 heterocycles. The summed E-state index contributed by atoms with van der Waals surface area (Å²) in [4.78, 5) is 33.1. The van der Waals surface area contributed by atoms with Crippen molar-refractivity contribution in [2.24, 2.45) is 12.0 Å². The van der Waals surface area contributed by atoms with E-state index in [0.29, 0.717) is 28.5 Å². The van der Waals surface area contributed by atoms with E-state index in [1.807, 2.05) is 0 Å². The quantitative estimate of drug-likeness (QED) is 0.206. The average Bonchev–Trinajstić information content (AvgIpc) is 3.32. The molecule has 3 aromatic rings. The number of anilines is 1. The molecule has 4 rings (SSSR count). The topological polar surface area (TPSA) is 118 Å². The zero-order valence-electron chi connectivity index (χ0n) is 19.6. The average molecular weight is 527 g/mol. The number of halogens is 1. The molecule has 10 nitrogen and oxygen atoms in total. The van der Waals surface area contributed by atoms with E-state index in [1.165, 1.54) is 9.58 Å². The van der Waals surface area contributed by atoms with Crippen LogP contribution in [0.2, 0.25) is 5.02 Å². The molecular formula is C24H23ClN6O4S. The first kappa shape index (κ1) is 25.3. The van der Waals surface area contributed by atoms with Crippen molar-refractivity contribution >= 4 is 58.2 Å². The van der Waals surface area contributed by atoms with Crippen LogP contribution in [-0.2, 0) is 23.2 Å². The van der Waals surface area contributed by atoms with Crippen LogP contribution in [0, 0.1) is 0 Å². The summed E-state index contributed by atoms with van der Waals surface area (Å²) in [5.74, 6) is -1.14. The number of rotatable bonds is 8. The maximum Gasteiger partial charge on any atom is 0.325 e. The first-order valence-electron chi connectivity index (χ1n) is 11.1. The Balaban J connectivity index is 1.58. The van der Waals surface area contributed by atoms with Gasteiger partial charge in [0.15, 0.2) is 12.2 Å². The van der Waals surface area contributed by atoms with Crippen LogP contribution in [0.25, 0.3) is 0 Å². The number of aromatic nitrogens is 2. The zero-order valence-corrected chi connectivity index (χ0v) is 21.1. The molecule has 36 heavy (non-hydrogen) atoms. The fraction of sp³-hybridized carbons (Fsp3) is 0.250. The van der Waals surface area contributed by atoms with Crippen LogP contribution in [0.4, 0.5) is 11.6 Å². The molecular weight excluding hydrogens is 504 g/mol. The van der Waals surface area contributed by atoms with Crippen molar-refractivity contribution in [3.63, 3.8) is 0 Å². The second-order valence-corrected chi connectivity index (χ2v) is 8.80. The standard InChI is InChI=1S/C24H23ClN6O4S/c1-3-30-23(34)18(13-20(32)26-17-11-9-16(25)10-12-17)31(24(30)36)14-19-22(35-28-29(19)2)27-21(33)15-7-5-4-6-8-15/h4-12,18H,3,13-14H2,1-2H3,(H-,26,27,28,32,33). The Morgan fingerprint density at radius 2 is 1.94 bits per heavy atom. The smallest absolute Gasteiger partial charge is 0.325 e. The lowest BCUT2D eigenvalue weighted by atomic mass is 10.1. The maximum absolute atomic E-state index is 13.1. The number of aliphatic imine (C=N–C) groups is 1. The molecule has 1 aliphatic rings. The van der Waals surface area contributed by atoms with Crippen molar-refractivity contribution in [3.8, 4) is 0 Å². The lowest BCUT2D eigenvalue weighted by Crippen LogP contribution is -2.42. The van der Waals surface area contributed by atoms with Crippen molar-refractivity contribution in [1.29, 1.82) is 0 Å². The van der Waals surface area contributed by atoms with Gasteiger partial charge in [-0.05, 0) is 59.6 Å². The number of nitrogens with zero attached hydrogens (tertiary/aromatic N) is 5. The Morgan fingerprint density at radius 1 is 1.25 bits per heavy atom. The van der Waals surface area contributed by atoms with Crippen molar-refractivity contribution < 1.29 is 23.9 Å². The van der Waals surface area contributed by atoms with E-state index in [0.717, 1.165) is 0 Å². The van der Waals surface area contributed by atoms with E-state index in [1.54, 1.807) is 73.5 Å². The van der Waals surface area contributed by atoms with Crippen LogP contribution in [0.5, 0.6) is 0 Å². The Kier molecular flexibility index (Phi) is 7.61. The van der Waals surface area contributed by atoms with Gasteiger partial charge in [-0.1, -0.05) is 41.9 Å². The lowest BCUT2D eigenvalue weighted by Gasteiger charge is -2.21. The predicted octanol–water partition coefficient (Wildman–Crippen LogP) is 1.94. The second kappa shape index (κ2) is 10.8. The normalized spacial score (nSPS) is 16.1. The summed E-state index contributed by atoms with van der Waals surface area (Å²) in [7, 11) is 1.63. The minimum atomic E-state index is -0.850. The van der Waals surface area contributed by atoms with Gasteiger partial charge in [-0.3, -0.25) is 19.0 Å². The third-order valence-electron chi connectivity index (χ3n) is 5.66. The highest BCUT2D eigenvalue weighted by Crippen LogP contribution is 2.26. The van der Waals surface area contributed by atoms with E-state index in [9.17, 15) is 14.7 Å². The van der Waals surface area contributed by atoms with Crippen molar-refractivity contribution in [2.75, 3.05) is 11.9 Å². The van der Waals surface area contributed by atoms with Gasteiger partial charge in [0.2, 0.25) is 11.2 Å². The highest BCUT2D eigenvalue weighted by atomic mass is 35.5. The third kappa shape index (κ3) is 5.37. The van der Waals surface area contributed by atoms with Gasteiger partial charge in [0.25, 0.3) is 11.6 Å². The molecule has 1 atom stereocenters. The molecule has 1 saturated heterocycles. The maximum atomic E-state index is 13.1. The van der Waals surface area contributed by atoms with E-state index in [4.69, 9.17) is 28.3 Å². The highest BCUT2D eigenvalue weighted by molar-refractivity contribution is 7.80. The number of nitrogens with one attached hydrogen (secondary N) is 1. The van der Waals surface area contributed by atoms with Crippen LogP contribution in [0.15, 0.2) is 64.1 Å². The zero-order chi connectivity index (χ0) is 25.8. The molecule has 1 fully saturated rings. The number of carbonyl (C=O) groups excluding carboxylic acids is 2. The molecule has 0 radical (unpaired) electrons. The number of aryl methyl sites for hydroxylation is 1. The number of hydrogen-bond donors (Lipinski definition) is 1. The van der Waals surface area contributed by atoms with Gasteiger partial charge in [-0.15, -0.1) is 0 Å². The predicted molar refractivity (Wildman–Crippen MR) is 134 cm³/mol. The number of benzene rings is 2. The highest BCUT2D eigenvalue weighted by Gasteiger charge is 2.44. The summed E-state index contributed by atoms with van der Waals surface area (Å²) >= 11 is 11.5. The Labute approximate surface area is 217 Å². The van der Waals surface area contributed by atoms with Crippen molar-refractivity contribution in [1.82, 2.24) is 15.1 Å². The minimum Gasteiger partial charge on any atom is -0.858 e. The third-order valence-corrected chi connectivity index (χ3v) is 6.36. The second-order valence-electron chi connectivity index (χ2n) is 8.00. The Bertz CT molecular complexity index is 1310. The fourth-order valence-electron chi connectivity index (χ4n) is 3.78. The van der Waals surface area contributed by atoms with Gasteiger partial charge in [-0.25, -0.2) is 4.99 Å². The first-order valence-corrected chi connectivity index (χ1v) is 11.9. The van der Waals surface area contributed by atoms with Gasteiger partial charge in [-0.2, -0.15) is 0 Å². The first-order chi connectivity index (χ1) is 17.3. The van der Waals surface area contributed by atoms with Crippen LogP contribution in [-0.4, -0.2) is 50.5 Å². The van der Waals surface area contributed by atoms with Crippen molar-refractivity contribution in [3.05, 3.63) is 70.9 Å². The summed E-state index contributed by atoms with van der Waals surface area (Å²) in [6.45, 7) is 2.21. The molecule has 1 aromatic heterocycles. The van der Waals surface area contributed by atoms with Crippen molar-refractivity contribution in [2.45, 2.75) is 25.9 Å². The molecule has 2 aromatic carbocycles. The molecule has 0 bridgehead atoms. The van der Waals surface area contributed by atoms with Gasteiger partial charge in [0.05, 0.1) is 6.42 Å². The van der Waals surface area contributed by atoms with Crippen LogP contribution >= 0.6 is 23.8 Å². The number of carbonyl (C=O) groups is 2. The number of amides is 2. The number of hydrogen-bond acceptors (Lipinski definition) is 7. The van der Waals surface area contributed by atoms with Gasteiger partial charge in [0.1, 0.15) is 12.6 Å². The summed E-state index contributed by atoms with van der Waals surface area (Å²) in [6.07, 6.45) is -0.136. The van der Waals surface area contributed by atoms with E-state index < -0.39 is 11.9 Å². The molecule has 1 N–H and O–H groups in total. The summed E-state index contributed by atoms with van der Waals surface area (Å²) < 4.78 is 6.71. The van der Waals surface area contributed by atoms with E-state index in [-0.39, 0.29) is 35.8 Å². The van der Waals surface area contributed by atoms with Gasteiger partial charge < -0.3 is 15.3 Å². The lowest BCUT2D eigenvalue weighted by molar-refractivity contribution is -0.746. The van der Waals surface area contributed by atoms with Crippen LogP contribution < -0.4 is 15.1 Å². The van der Waals surface area contributed by atoms with Gasteiger partial charge in [0, 0.05) is 17.3 Å². The molecule has 1 unspecified atom stereocenters. The SMILES string of the molecule is CCN1C(=O)C(CC(=O)Nc2ccc(Cl)cc2)N(Cc2c(/N=C(\[O-])c3ccccc3)on[n+]2C)C1=S.